The zero-order chi connectivity index (χ0) is 18.2. The SMILES string of the molecule is COC(=O)c1ccccc1NC(=O)c1ccc(OCCC(C)C)cc1. The van der Waals surface area contributed by atoms with Crippen molar-refractivity contribution >= 4 is 17.6 Å². The molecule has 2 aromatic rings. The van der Waals surface area contributed by atoms with Crippen LogP contribution in [-0.2, 0) is 4.74 Å². The highest BCUT2D eigenvalue weighted by molar-refractivity contribution is 6.08. The zero-order valence-corrected chi connectivity index (χ0v) is 14.7. The number of hydrogen-bond donors (Lipinski definition) is 1. The monoisotopic (exact) mass is 341 g/mol. The van der Waals surface area contributed by atoms with E-state index in [0.29, 0.717) is 29.3 Å². The number of para-hydroxylation sites is 1. The molecule has 0 saturated carbocycles. The second-order valence-electron chi connectivity index (χ2n) is 6.05. The van der Waals surface area contributed by atoms with Crippen LogP contribution in [0, 0.1) is 5.92 Å². The van der Waals surface area contributed by atoms with Crippen LogP contribution in [0.1, 0.15) is 41.0 Å². The second kappa shape index (κ2) is 8.87. The maximum absolute atomic E-state index is 12.4. The van der Waals surface area contributed by atoms with Crippen molar-refractivity contribution in [2.45, 2.75) is 20.3 Å². The Labute approximate surface area is 148 Å². The molecule has 5 heteroatoms. The van der Waals surface area contributed by atoms with Crippen molar-refractivity contribution in [3.63, 3.8) is 0 Å². The lowest BCUT2D eigenvalue weighted by Crippen LogP contribution is -2.15. The molecule has 0 heterocycles. The van der Waals surface area contributed by atoms with Crippen molar-refractivity contribution < 1.29 is 19.1 Å². The molecule has 0 unspecified atom stereocenters. The Kier molecular flexibility index (Phi) is 6.57. The molecule has 0 spiro atoms. The Morgan fingerprint density at radius 2 is 1.72 bits per heavy atom. The maximum Gasteiger partial charge on any atom is 0.339 e. The van der Waals surface area contributed by atoms with E-state index in [9.17, 15) is 9.59 Å². The van der Waals surface area contributed by atoms with Crippen LogP contribution in [0.15, 0.2) is 48.5 Å². The van der Waals surface area contributed by atoms with Crippen LogP contribution in [0.5, 0.6) is 5.75 Å². The molecule has 1 amide bonds. The van der Waals surface area contributed by atoms with Gasteiger partial charge in [0, 0.05) is 5.56 Å². The number of nitrogens with one attached hydrogen (secondary N) is 1. The first-order valence-corrected chi connectivity index (χ1v) is 8.23. The number of hydrogen-bond acceptors (Lipinski definition) is 4. The standard InChI is InChI=1S/C20H23NO4/c1-14(2)12-13-25-16-10-8-15(9-11-16)19(22)21-18-7-5-4-6-17(18)20(23)24-3/h4-11,14H,12-13H2,1-3H3,(H,21,22). The first kappa shape index (κ1) is 18.5. The van der Waals surface area contributed by atoms with Gasteiger partial charge in [-0.05, 0) is 48.7 Å². The molecule has 0 saturated heterocycles. The first-order valence-electron chi connectivity index (χ1n) is 8.23. The fourth-order valence-electron chi connectivity index (χ4n) is 2.19. The second-order valence-corrected chi connectivity index (χ2v) is 6.05. The van der Waals surface area contributed by atoms with Crippen LogP contribution in [0.2, 0.25) is 0 Å². The van der Waals surface area contributed by atoms with E-state index < -0.39 is 5.97 Å². The molecule has 0 aliphatic carbocycles. The molecule has 0 aliphatic rings. The van der Waals surface area contributed by atoms with Crippen molar-refractivity contribution in [3.8, 4) is 5.75 Å². The molecule has 132 valence electrons. The average molecular weight is 341 g/mol. The molecule has 0 fully saturated rings. The van der Waals surface area contributed by atoms with E-state index >= 15 is 0 Å². The number of anilines is 1. The van der Waals surface area contributed by atoms with Crippen molar-refractivity contribution in [2.75, 3.05) is 19.0 Å². The molecule has 2 rings (SSSR count). The summed E-state index contributed by atoms with van der Waals surface area (Å²) >= 11 is 0. The third kappa shape index (κ3) is 5.35. The van der Waals surface area contributed by atoms with E-state index in [1.807, 2.05) is 0 Å². The van der Waals surface area contributed by atoms with E-state index in [-0.39, 0.29) is 5.91 Å². The van der Waals surface area contributed by atoms with Crippen molar-refractivity contribution in [1.29, 1.82) is 0 Å². The van der Waals surface area contributed by atoms with Gasteiger partial charge in [0.25, 0.3) is 5.91 Å². The number of amides is 1. The lowest BCUT2D eigenvalue weighted by atomic mass is 10.1. The minimum atomic E-state index is -0.496. The van der Waals surface area contributed by atoms with Gasteiger partial charge < -0.3 is 14.8 Å². The molecule has 5 nitrogen and oxygen atoms in total. The van der Waals surface area contributed by atoms with E-state index in [2.05, 4.69) is 19.2 Å². The maximum atomic E-state index is 12.4. The average Bonchev–Trinajstić information content (AvgIpc) is 2.61. The Bertz CT molecular complexity index is 723. The van der Waals surface area contributed by atoms with Crippen molar-refractivity contribution in [3.05, 3.63) is 59.7 Å². The summed E-state index contributed by atoms with van der Waals surface area (Å²) in [5, 5.41) is 2.74. The normalized spacial score (nSPS) is 10.4. The molecule has 0 radical (unpaired) electrons. The molecular formula is C20H23NO4. The molecule has 0 aliphatic heterocycles. The van der Waals surface area contributed by atoms with Crippen LogP contribution in [0.25, 0.3) is 0 Å². The molecule has 0 aromatic heterocycles. The number of benzene rings is 2. The fourth-order valence-corrected chi connectivity index (χ4v) is 2.19. The van der Waals surface area contributed by atoms with Crippen LogP contribution in [0.4, 0.5) is 5.69 Å². The zero-order valence-electron chi connectivity index (χ0n) is 14.7. The third-order valence-corrected chi connectivity index (χ3v) is 3.66. The van der Waals surface area contributed by atoms with Gasteiger partial charge >= 0.3 is 5.97 Å². The highest BCUT2D eigenvalue weighted by Crippen LogP contribution is 2.18. The predicted molar refractivity (Wildman–Crippen MR) is 97.1 cm³/mol. The van der Waals surface area contributed by atoms with E-state index in [4.69, 9.17) is 9.47 Å². The summed E-state index contributed by atoms with van der Waals surface area (Å²) in [6.45, 7) is 4.93. The van der Waals surface area contributed by atoms with Gasteiger partial charge in [-0.3, -0.25) is 4.79 Å². The van der Waals surface area contributed by atoms with E-state index in [1.54, 1.807) is 48.5 Å². The van der Waals surface area contributed by atoms with E-state index in [0.717, 1.165) is 12.2 Å². The highest BCUT2D eigenvalue weighted by Gasteiger charge is 2.14. The minimum Gasteiger partial charge on any atom is -0.494 e. The number of rotatable bonds is 7. The van der Waals surface area contributed by atoms with Gasteiger partial charge in [0.2, 0.25) is 0 Å². The lowest BCUT2D eigenvalue weighted by molar-refractivity contribution is 0.0602. The minimum absolute atomic E-state index is 0.301. The largest absolute Gasteiger partial charge is 0.494 e. The summed E-state index contributed by atoms with van der Waals surface area (Å²) in [7, 11) is 1.30. The summed E-state index contributed by atoms with van der Waals surface area (Å²) in [5.74, 6) is 0.516. The summed E-state index contributed by atoms with van der Waals surface area (Å²) < 4.78 is 10.4. The van der Waals surface area contributed by atoms with Crippen LogP contribution < -0.4 is 10.1 Å². The molecule has 0 bridgehead atoms. The number of methoxy groups -OCH3 is 1. The summed E-state index contributed by atoms with van der Waals surface area (Å²) in [5.41, 5.74) is 1.21. The van der Waals surface area contributed by atoms with Crippen molar-refractivity contribution in [2.24, 2.45) is 5.92 Å². The number of esters is 1. The lowest BCUT2D eigenvalue weighted by Gasteiger charge is -2.11. The Morgan fingerprint density at radius 1 is 1.04 bits per heavy atom. The highest BCUT2D eigenvalue weighted by atomic mass is 16.5. The summed E-state index contributed by atoms with van der Waals surface area (Å²) in [6, 6.07) is 13.6. The summed E-state index contributed by atoms with van der Waals surface area (Å²) in [6.07, 6.45) is 0.979. The van der Waals surface area contributed by atoms with Gasteiger partial charge in [-0.25, -0.2) is 4.79 Å². The summed E-state index contributed by atoms with van der Waals surface area (Å²) in [4.78, 5) is 24.1. The molecule has 1 N–H and O–H groups in total. The third-order valence-electron chi connectivity index (χ3n) is 3.66. The van der Waals surface area contributed by atoms with Crippen molar-refractivity contribution in [1.82, 2.24) is 0 Å². The Hall–Kier alpha value is -2.82. The molecule has 25 heavy (non-hydrogen) atoms. The quantitative estimate of drug-likeness (QED) is 0.768. The smallest absolute Gasteiger partial charge is 0.339 e. The fraction of sp³-hybridized carbons (Fsp3) is 0.300. The number of carbonyl (C=O) groups excluding carboxylic acids is 2. The number of carbonyl (C=O) groups is 2. The van der Waals surface area contributed by atoms with Gasteiger partial charge in [0.1, 0.15) is 5.75 Å². The van der Waals surface area contributed by atoms with Gasteiger partial charge in [0.15, 0.2) is 0 Å². The predicted octanol–water partition coefficient (Wildman–Crippen LogP) is 4.15. The van der Waals surface area contributed by atoms with E-state index in [1.165, 1.54) is 7.11 Å². The number of ether oxygens (including phenoxy) is 2. The van der Waals surface area contributed by atoms with Crippen LogP contribution in [-0.4, -0.2) is 25.6 Å². The van der Waals surface area contributed by atoms with Gasteiger partial charge in [0.05, 0.1) is 25.0 Å². The molecule has 0 atom stereocenters. The topological polar surface area (TPSA) is 64.6 Å². The Morgan fingerprint density at radius 3 is 2.36 bits per heavy atom. The van der Waals surface area contributed by atoms with Gasteiger partial charge in [-0.2, -0.15) is 0 Å². The van der Waals surface area contributed by atoms with Gasteiger partial charge in [-0.15, -0.1) is 0 Å². The van der Waals surface area contributed by atoms with Crippen LogP contribution >= 0.6 is 0 Å². The first-order chi connectivity index (χ1) is 12.0. The Balaban J connectivity index is 2.03. The molecule has 2 aromatic carbocycles. The van der Waals surface area contributed by atoms with Crippen LogP contribution in [0.3, 0.4) is 0 Å². The van der Waals surface area contributed by atoms with Gasteiger partial charge in [-0.1, -0.05) is 26.0 Å². The molecular weight excluding hydrogens is 318 g/mol.